The smallest absolute Gasteiger partial charge is 0.317 e. The highest BCUT2D eigenvalue weighted by Gasteiger charge is 2.31. The average molecular weight is 1160 g/mol. The Kier molecular flexibility index (Phi) is 28.4. The minimum Gasteiger partial charge on any atom is -0.333 e. The maximum Gasteiger partial charge on any atom is 0.317 e. The number of rotatable bonds is 6. The minimum atomic E-state index is -0.179. The van der Waals surface area contributed by atoms with E-state index >= 15 is 0 Å². The first-order valence-electron chi connectivity index (χ1n) is 31.8. The summed E-state index contributed by atoms with van der Waals surface area (Å²) < 4.78 is 0. The van der Waals surface area contributed by atoms with Crippen LogP contribution < -0.4 is 21.3 Å². The number of nitrogens with one attached hydrogen (secondary N) is 4. The number of likely N-dealkylation sites (tertiary alicyclic amines) is 3. The first kappa shape index (κ1) is 71.1. The number of benzene rings is 3. The maximum absolute atomic E-state index is 12.2. The predicted octanol–water partition coefficient (Wildman–Crippen LogP) is 12.2. The zero-order chi connectivity index (χ0) is 62.3. The largest absolute Gasteiger partial charge is 0.333 e. The highest BCUT2D eigenvalue weighted by molar-refractivity contribution is 5.76. The molecule has 3 aromatic rings. The van der Waals surface area contributed by atoms with Crippen LogP contribution in [0.5, 0.6) is 0 Å². The molecule has 15 nitrogen and oxygen atoms in total. The molecule has 4 N–H and O–H groups in total. The van der Waals surface area contributed by atoms with Crippen LogP contribution in [0.3, 0.4) is 0 Å². The Labute approximate surface area is 510 Å². The van der Waals surface area contributed by atoms with Gasteiger partial charge in [0.15, 0.2) is 0 Å². The van der Waals surface area contributed by atoms with Crippen LogP contribution in [0.25, 0.3) is 0 Å². The van der Waals surface area contributed by atoms with Gasteiger partial charge in [0, 0.05) is 119 Å². The summed E-state index contributed by atoms with van der Waals surface area (Å²) in [4.78, 5) is 62.6. The number of piperidine rings is 2. The van der Waals surface area contributed by atoms with E-state index in [0.717, 1.165) is 110 Å². The molecule has 5 aliphatic heterocycles. The fraction of sp³-hybridized carbons (Fsp3) is 0.681. The third-order valence-corrected chi connectivity index (χ3v) is 15.4. The number of amides is 8. The Hall–Kier alpha value is -5.38. The van der Waals surface area contributed by atoms with E-state index in [1.807, 2.05) is 115 Å². The molecule has 3 unspecified atom stereocenters. The van der Waals surface area contributed by atoms with Crippen molar-refractivity contribution in [3.05, 3.63) is 108 Å². The molecule has 8 rings (SSSR count). The summed E-state index contributed by atoms with van der Waals surface area (Å²) in [6, 6.07) is 32.6. The van der Waals surface area contributed by atoms with Gasteiger partial charge in [-0.2, -0.15) is 0 Å². The molecule has 5 saturated heterocycles. The van der Waals surface area contributed by atoms with E-state index in [2.05, 4.69) is 150 Å². The van der Waals surface area contributed by atoms with Gasteiger partial charge in [0.05, 0.1) is 0 Å². The molecule has 0 saturated carbocycles. The molecule has 0 aromatic heterocycles. The van der Waals surface area contributed by atoms with Crippen molar-refractivity contribution in [2.45, 2.75) is 202 Å². The lowest BCUT2D eigenvalue weighted by molar-refractivity contribution is 0.0790. The summed E-state index contributed by atoms with van der Waals surface area (Å²) >= 11 is 0. The number of piperazine rings is 2. The Morgan fingerprint density at radius 3 is 1.20 bits per heavy atom. The molecular weight excluding hydrogens is 1050 g/mol. The number of likely N-dealkylation sites (N-methyl/N-ethyl adjacent to an activating group) is 1. The van der Waals surface area contributed by atoms with Gasteiger partial charge >= 0.3 is 24.1 Å². The van der Waals surface area contributed by atoms with Gasteiger partial charge in [-0.15, -0.1) is 0 Å². The molecule has 5 aliphatic rings. The van der Waals surface area contributed by atoms with Gasteiger partial charge in [0.1, 0.15) is 0 Å². The van der Waals surface area contributed by atoms with Crippen molar-refractivity contribution >= 4 is 24.1 Å². The van der Waals surface area contributed by atoms with Crippen molar-refractivity contribution in [2.75, 3.05) is 92.1 Å². The molecule has 0 aliphatic carbocycles. The lowest BCUT2D eigenvalue weighted by Crippen LogP contribution is -2.57. The lowest BCUT2D eigenvalue weighted by atomic mass is 9.89. The van der Waals surface area contributed by atoms with E-state index in [4.69, 9.17) is 0 Å². The van der Waals surface area contributed by atoms with Gasteiger partial charge in [-0.1, -0.05) is 91.0 Å². The molecule has 84 heavy (non-hydrogen) atoms. The molecule has 5 fully saturated rings. The zero-order valence-electron chi connectivity index (χ0n) is 55.7. The van der Waals surface area contributed by atoms with E-state index < -0.39 is 0 Å². The Morgan fingerprint density at radius 1 is 0.405 bits per heavy atom. The second kappa shape index (κ2) is 33.5. The van der Waals surface area contributed by atoms with E-state index in [1.165, 1.54) is 55.5 Å². The second-order valence-electron chi connectivity index (χ2n) is 29.4. The monoisotopic (exact) mass is 1160 g/mol. The molecule has 472 valence electrons. The average Bonchev–Trinajstić information content (AvgIpc) is 4.07. The predicted molar refractivity (Wildman–Crippen MR) is 350 cm³/mol. The Bertz CT molecular complexity index is 2360. The summed E-state index contributed by atoms with van der Waals surface area (Å²) in [6.45, 7) is 46.5. The normalized spacial score (nSPS) is 20.2. The SMILES string of the molecule is CC(C)(C)N1CCCC(Cc2ccccc2)C1.CC(C)(C)NC(=O)N1CCC(Cc2ccccc2)C1.CC(C)(C)NC(=O)N1CCCCC1.CC1CN(C(=O)NC(C)(C)C)CCN1Cc1ccccc1.CN1CCN(C(=O)NC(C)(C)C)CC1. The van der Waals surface area contributed by atoms with Crippen molar-refractivity contribution in [2.24, 2.45) is 11.8 Å². The fourth-order valence-electron chi connectivity index (χ4n) is 10.9. The number of hydrogen-bond donors (Lipinski definition) is 4. The maximum atomic E-state index is 12.2. The van der Waals surface area contributed by atoms with Crippen molar-refractivity contribution in [1.82, 2.24) is 55.6 Å². The van der Waals surface area contributed by atoms with E-state index in [0.29, 0.717) is 17.5 Å². The molecule has 8 amide bonds. The van der Waals surface area contributed by atoms with Crippen LogP contribution in [0.15, 0.2) is 91.0 Å². The van der Waals surface area contributed by atoms with E-state index in [1.54, 1.807) is 0 Å². The second-order valence-corrected chi connectivity index (χ2v) is 29.4. The highest BCUT2D eigenvalue weighted by atomic mass is 16.2. The van der Waals surface area contributed by atoms with Crippen LogP contribution in [0.4, 0.5) is 19.2 Å². The van der Waals surface area contributed by atoms with Crippen molar-refractivity contribution in [3.63, 3.8) is 0 Å². The number of nitrogens with zero attached hydrogens (tertiary/aromatic N) is 7. The van der Waals surface area contributed by atoms with E-state index in [9.17, 15) is 19.2 Å². The van der Waals surface area contributed by atoms with Crippen LogP contribution in [0, 0.1) is 11.8 Å². The van der Waals surface area contributed by atoms with Crippen LogP contribution in [-0.2, 0) is 19.4 Å². The van der Waals surface area contributed by atoms with Gasteiger partial charge in [-0.25, -0.2) is 19.2 Å². The zero-order valence-corrected chi connectivity index (χ0v) is 55.7. The molecule has 0 bridgehead atoms. The third kappa shape index (κ3) is 29.1. The third-order valence-electron chi connectivity index (χ3n) is 15.4. The highest BCUT2D eigenvalue weighted by Crippen LogP contribution is 2.26. The number of urea groups is 4. The van der Waals surface area contributed by atoms with Crippen LogP contribution in [0.1, 0.15) is 166 Å². The molecule has 3 atom stereocenters. The van der Waals surface area contributed by atoms with Gasteiger partial charge in [0.25, 0.3) is 0 Å². The number of carbonyl (C=O) groups is 4. The molecular formula is C69H117N11O4. The van der Waals surface area contributed by atoms with Crippen LogP contribution >= 0.6 is 0 Å². The van der Waals surface area contributed by atoms with Gasteiger partial charge in [-0.3, -0.25) is 9.80 Å². The Balaban J connectivity index is 0.000000228. The van der Waals surface area contributed by atoms with E-state index in [-0.39, 0.29) is 46.3 Å². The molecule has 3 aromatic carbocycles. The fourth-order valence-corrected chi connectivity index (χ4v) is 10.9. The molecule has 5 heterocycles. The first-order valence-corrected chi connectivity index (χ1v) is 31.8. The summed E-state index contributed by atoms with van der Waals surface area (Å²) in [7, 11) is 2.08. The summed E-state index contributed by atoms with van der Waals surface area (Å²) in [5.74, 6) is 1.43. The Morgan fingerprint density at radius 2 is 0.786 bits per heavy atom. The van der Waals surface area contributed by atoms with Gasteiger partial charge < -0.3 is 45.8 Å². The molecule has 0 spiro atoms. The quantitative estimate of drug-likeness (QED) is 0.193. The number of carbonyl (C=O) groups excluding carboxylic acids is 4. The standard InChI is InChI=1S/C17H27N3O.C16H24N2O.C16H25N.C10H21N3O.C10H20N2O/c1-14-12-20(16(21)18-17(2,3)4)11-10-19(14)13-15-8-6-5-7-9-15;1-16(2,3)17-15(19)18-10-9-14(12-18)11-13-7-5-4-6-8-13;1-16(2,3)17-11-7-10-15(13-17)12-14-8-5-4-6-9-14;1-10(2,3)11-9(14)13-7-5-12(4)6-8-13;1-10(2,3)11-9(13)12-7-5-4-6-8-12/h5-9,14H,10-13H2,1-4H3,(H,18,21);4-8,14H,9-12H2,1-3H3,(H,17,19);4-6,8-9,15H,7,10-13H2,1-3H3;5-8H2,1-4H3,(H,11,14);4-8H2,1-3H3,(H,11,13). The topological polar surface area (TPSA) is 139 Å². The summed E-state index contributed by atoms with van der Waals surface area (Å²) in [5.41, 5.74) is 3.93. The lowest BCUT2D eigenvalue weighted by Gasteiger charge is -2.41. The van der Waals surface area contributed by atoms with Gasteiger partial charge in [-0.05, 0) is 204 Å². The van der Waals surface area contributed by atoms with Crippen molar-refractivity contribution in [3.8, 4) is 0 Å². The first-order chi connectivity index (χ1) is 39.2. The summed E-state index contributed by atoms with van der Waals surface area (Å²) in [5, 5.41) is 12.0. The minimum absolute atomic E-state index is 0.0497. The summed E-state index contributed by atoms with van der Waals surface area (Å²) in [6.07, 6.45) is 9.73. The van der Waals surface area contributed by atoms with Crippen molar-refractivity contribution < 1.29 is 19.2 Å². The van der Waals surface area contributed by atoms with Crippen LogP contribution in [-0.4, -0.2) is 184 Å². The van der Waals surface area contributed by atoms with Crippen molar-refractivity contribution in [1.29, 1.82) is 0 Å². The molecule has 0 radical (unpaired) electrons. The molecule has 15 heteroatoms. The van der Waals surface area contributed by atoms with Gasteiger partial charge in [0.2, 0.25) is 0 Å². The number of hydrogen-bond acceptors (Lipinski definition) is 7. The van der Waals surface area contributed by atoms with Crippen LogP contribution in [0.2, 0.25) is 0 Å².